The summed E-state index contributed by atoms with van der Waals surface area (Å²) < 4.78 is 12.5. The molecule has 0 aliphatic carbocycles. The summed E-state index contributed by atoms with van der Waals surface area (Å²) in [5.74, 6) is 0.608. The highest BCUT2D eigenvalue weighted by atomic mass is 79.9. The highest BCUT2D eigenvalue weighted by Gasteiger charge is 2.13. The minimum absolute atomic E-state index is 0.273. The molecule has 0 aliphatic heterocycles. The first-order chi connectivity index (χ1) is 8.33. The number of hydrogen-bond acceptors (Lipinski definition) is 4. The molecule has 0 amide bonds. The lowest BCUT2D eigenvalue weighted by Crippen LogP contribution is -2.09. The summed E-state index contributed by atoms with van der Waals surface area (Å²) in [4.78, 5) is 15.3. The maximum Gasteiger partial charge on any atom is 0.358 e. The third kappa shape index (κ3) is 4.99. The SMILES string of the molecule is COC(=O)c1cn(COCCS(C)(C)C)c(Br)n1. The molecular formula is C11H19BrN2O3S. The van der Waals surface area contributed by atoms with Crippen molar-refractivity contribution in [2.75, 3.05) is 38.2 Å². The number of imidazole rings is 1. The van der Waals surface area contributed by atoms with Crippen LogP contribution in [0.25, 0.3) is 0 Å². The van der Waals surface area contributed by atoms with Gasteiger partial charge in [0.05, 0.1) is 13.7 Å². The Morgan fingerprint density at radius 1 is 1.50 bits per heavy atom. The first-order valence-corrected chi connectivity index (χ1v) is 9.20. The minimum Gasteiger partial charge on any atom is -0.464 e. The van der Waals surface area contributed by atoms with Crippen molar-refractivity contribution < 1.29 is 14.3 Å². The van der Waals surface area contributed by atoms with E-state index >= 15 is 0 Å². The number of esters is 1. The lowest BCUT2D eigenvalue weighted by Gasteiger charge is -2.24. The topological polar surface area (TPSA) is 53.4 Å². The summed E-state index contributed by atoms with van der Waals surface area (Å²) >= 11 is 3.28. The molecule has 104 valence electrons. The van der Waals surface area contributed by atoms with Crippen molar-refractivity contribution in [2.45, 2.75) is 6.73 Å². The third-order valence-corrected chi connectivity index (χ3v) is 4.22. The number of halogens is 1. The predicted molar refractivity (Wildman–Crippen MR) is 77.4 cm³/mol. The van der Waals surface area contributed by atoms with E-state index in [2.05, 4.69) is 44.4 Å². The fraction of sp³-hybridized carbons (Fsp3) is 0.636. The summed E-state index contributed by atoms with van der Waals surface area (Å²) in [5.41, 5.74) is 0.273. The van der Waals surface area contributed by atoms with Gasteiger partial charge in [0.15, 0.2) is 10.4 Å². The van der Waals surface area contributed by atoms with Crippen LogP contribution in [0.5, 0.6) is 0 Å². The van der Waals surface area contributed by atoms with Crippen molar-refractivity contribution in [1.29, 1.82) is 0 Å². The van der Waals surface area contributed by atoms with Crippen LogP contribution in [0, 0.1) is 0 Å². The van der Waals surface area contributed by atoms with Crippen molar-refractivity contribution in [1.82, 2.24) is 9.55 Å². The van der Waals surface area contributed by atoms with Gasteiger partial charge in [0.1, 0.15) is 6.73 Å². The van der Waals surface area contributed by atoms with Crippen molar-refractivity contribution in [3.63, 3.8) is 0 Å². The van der Waals surface area contributed by atoms with E-state index in [0.717, 1.165) is 5.75 Å². The van der Waals surface area contributed by atoms with E-state index in [1.54, 1.807) is 10.8 Å². The molecule has 7 heteroatoms. The van der Waals surface area contributed by atoms with Gasteiger partial charge in [-0.1, -0.05) is 0 Å². The Bertz CT molecular complexity index is 415. The van der Waals surface area contributed by atoms with Crippen molar-refractivity contribution in [3.05, 3.63) is 16.6 Å². The van der Waals surface area contributed by atoms with E-state index in [9.17, 15) is 4.79 Å². The lowest BCUT2D eigenvalue weighted by molar-refractivity contribution is 0.0593. The summed E-state index contributed by atoms with van der Waals surface area (Å²) in [6, 6.07) is 0. The van der Waals surface area contributed by atoms with Crippen LogP contribution in [0.1, 0.15) is 10.5 Å². The number of ether oxygens (including phenoxy) is 2. The van der Waals surface area contributed by atoms with Crippen LogP contribution in [0.2, 0.25) is 0 Å². The molecule has 1 rings (SSSR count). The van der Waals surface area contributed by atoms with E-state index < -0.39 is 16.0 Å². The van der Waals surface area contributed by atoms with E-state index in [4.69, 9.17) is 4.74 Å². The van der Waals surface area contributed by atoms with Gasteiger partial charge in [-0.2, -0.15) is 0 Å². The highest BCUT2D eigenvalue weighted by Crippen LogP contribution is 2.33. The molecular weight excluding hydrogens is 320 g/mol. The molecule has 1 heterocycles. The van der Waals surface area contributed by atoms with Crippen LogP contribution in [-0.2, 0) is 16.2 Å². The van der Waals surface area contributed by atoms with Crippen molar-refractivity contribution in [3.8, 4) is 0 Å². The maximum absolute atomic E-state index is 11.3. The normalized spacial score (nSPS) is 12.5. The Morgan fingerprint density at radius 2 is 2.17 bits per heavy atom. The predicted octanol–water partition coefficient (Wildman–Crippen LogP) is 2.10. The Labute approximate surface area is 117 Å². The van der Waals surface area contributed by atoms with Crippen molar-refractivity contribution >= 4 is 31.9 Å². The molecule has 0 fully saturated rings. The largest absolute Gasteiger partial charge is 0.464 e. The first-order valence-electron chi connectivity index (χ1n) is 5.38. The quantitative estimate of drug-likeness (QED) is 0.588. The number of aromatic nitrogens is 2. The molecule has 0 radical (unpaired) electrons. The molecule has 0 saturated carbocycles. The molecule has 18 heavy (non-hydrogen) atoms. The van der Waals surface area contributed by atoms with Gasteiger partial charge in [-0.3, -0.25) is 0 Å². The zero-order valence-electron chi connectivity index (χ0n) is 11.1. The number of nitrogens with zero attached hydrogens (tertiary/aromatic N) is 2. The number of rotatable bonds is 6. The Morgan fingerprint density at radius 3 is 2.72 bits per heavy atom. The van der Waals surface area contributed by atoms with Gasteiger partial charge in [-0.25, -0.2) is 19.8 Å². The van der Waals surface area contributed by atoms with Gasteiger partial charge in [0.25, 0.3) is 0 Å². The fourth-order valence-electron chi connectivity index (χ4n) is 1.16. The number of carbonyl (C=O) groups excluding carboxylic acids is 1. The number of hydrogen-bond donors (Lipinski definition) is 0. The minimum atomic E-state index is -0.537. The van der Waals surface area contributed by atoms with E-state index in [0.29, 0.717) is 18.1 Å². The molecule has 0 aromatic carbocycles. The Balaban J connectivity index is 2.48. The summed E-state index contributed by atoms with van der Waals surface area (Å²) in [6.45, 7) is 1.08. The number of carbonyl (C=O) groups is 1. The molecule has 0 spiro atoms. The molecule has 1 aromatic heterocycles. The zero-order chi connectivity index (χ0) is 13.8. The second-order valence-corrected chi connectivity index (χ2v) is 9.99. The average molecular weight is 339 g/mol. The smallest absolute Gasteiger partial charge is 0.358 e. The monoisotopic (exact) mass is 338 g/mol. The fourth-order valence-corrected chi connectivity index (χ4v) is 2.17. The van der Waals surface area contributed by atoms with Gasteiger partial charge in [0.2, 0.25) is 0 Å². The van der Waals surface area contributed by atoms with E-state index in [-0.39, 0.29) is 5.69 Å². The van der Waals surface area contributed by atoms with E-state index in [1.807, 2.05) is 0 Å². The summed E-state index contributed by atoms with van der Waals surface area (Å²) in [5, 5.41) is 0. The average Bonchev–Trinajstić information content (AvgIpc) is 2.64. The lowest BCUT2D eigenvalue weighted by atomic mass is 10.5. The summed E-state index contributed by atoms with van der Waals surface area (Å²) in [7, 11) is 0.795. The molecule has 0 bridgehead atoms. The standard InChI is InChI=1S/C11H19BrN2O3S/c1-16-10(15)9-7-14(11(12)13-9)8-17-5-6-18(2,3)4/h7H,5-6,8H2,1-4H3. The second-order valence-electron chi connectivity index (χ2n) is 4.69. The third-order valence-electron chi connectivity index (χ3n) is 2.19. The Hall–Kier alpha value is -0.530. The molecule has 0 N–H and O–H groups in total. The molecule has 5 nitrogen and oxygen atoms in total. The number of methoxy groups -OCH3 is 1. The highest BCUT2D eigenvalue weighted by molar-refractivity contribution is 9.10. The molecule has 0 unspecified atom stereocenters. The Kier molecular flexibility index (Phi) is 5.68. The van der Waals surface area contributed by atoms with E-state index in [1.165, 1.54) is 7.11 Å². The van der Waals surface area contributed by atoms with Gasteiger partial charge >= 0.3 is 5.97 Å². The zero-order valence-corrected chi connectivity index (χ0v) is 13.5. The van der Waals surface area contributed by atoms with Gasteiger partial charge in [-0.15, -0.1) is 0 Å². The van der Waals surface area contributed by atoms with Crippen LogP contribution in [0.15, 0.2) is 10.9 Å². The maximum atomic E-state index is 11.3. The molecule has 0 atom stereocenters. The molecule has 1 aromatic rings. The van der Waals surface area contributed by atoms with Crippen LogP contribution in [-0.4, -0.2) is 53.8 Å². The molecule has 0 aliphatic rings. The first kappa shape index (κ1) is 15.5. The summed E-state index contributed by atoms with van der Waals surface area (Å²) in [6.07, 6.45) is 8.36. The van der Waals surface area contributed by atoms with Crippen LogP contribution < -0.4 is 0 Å². The van der Waals surface area contributed by atoms with Gasteiger partial charge < -0.3 is 14.0 Å². The second kappa shape index (κ2) is 6.58. The molecule has 0 saturated heterocycles. The van der Waals surface area contributed by atoms with Crippen LogP contribution in [0.3, 0.4) is 0 Å². The van der Waals surface area contributed by atoms with Crippen molar-refractivity contribution in [2.24, 2.45) is 0 Å². The van der Waals surface area contributed by atoms with Gasteiger partial charge in [0, 0.05) is 11.9 Å². The van der Waals surface area contributed by atoms with Crippen LogP contribution >= 0.6 is 26.0 Å². The van der Waals surface area contributed by atoms with Crippen LogP contribution in [0.4, 0.5) is 0 Å². The van der Waals surface area contributed by atoms with Gasteiger partial charge in [-0.05, 0) is 34.7 Å².